The summed E-state index contributed by atoms with van der Waals surface area (Å²) in [6.45, 7) is 8.34. The topological polar surface area (TPSA) is 102 Å². The Kier molecular flexibility index (Phi) is 8.64. The molecule has 8 nitrogen and oxygen atoms in total. The van der Waals surface area contributed by atoms with Crippen molar-refractivity contribution in [2.45, 2.75) is 59.5 Å². The molecule has 0 aliphatic heterocycles. The van der Waals surface area contributed by atoms with Crippen LogP contribution in [0, 0.1) is 19.8 Å². The lowest BCUT2D eigenvalue weighted by molar-refractivity contribution is -0.129. The first kappa shape index (κ1) is 24.9. The van der Waals surface area contributed by atoms with Crippen molar-refractivity contribution in [2.24, 2.45) is 5.92 Å². The van der Waals surface area contributed by atoms with E-state index in [1.54, 1.807) is 7.11 Å². The van der Waals surface area contributed by atoms with Gasteiger partial charge in [-0.05, 0) is 44.2 Å². The van der Waals surface area contributed by atoms with Crippen molar-refractivity contribution in [3.63, 3.8) is 0 Å². The SMILES string of the molecule is COc1cc2c(cc1C)nc(NCCCCCC(=O)[C@@H](O)C(C)C)c1nnc(C)n12.S. The maximum atomic E-state index is 11.9. The smallest absolute Gasteiger partial charge is 0.204 e. The molecule has 1 aromatic carbocycles. The lowest BCUT2D eigenvalue weighted by Gasteiger charge is -2.13. The number of fused-ring (bicyclic) bond motifs is 3. The third kappa shape index (κ3) is 5.46. The number of carbonyl (C=O) groups is 1. The van der Waals surface area contributed by atoms with E-state index < -0.39 is 6.10 Å². The summed E-state index contributed by atoms with van der Waals surface area (Å²) in [6.07, 6.45) is 2.13. The second-order valence-electron chi connectivity index (χ2n) is 8.07. The summed E-state index contributed by atoms with van der Waals surface area (Å²) in [5.41, 5.74) is 3.45. The van der Waals surface area contributed by atoms with Crippen LogP contribution in [0.4, 0.5) is 5.82 Å². The average molecular weight is 448 g/mol. The van der Waals surface area contributed by atoms with Gasteiger partial charge in [0.25, 0.3) is 0 Å². The number of aryl methyl sites for hydroxylation is 2. The van der Waals surface area contributed by atoms with Gasteiger partial charge in [-0.3, -0.25) is 9.20 Å². The largest absolute Gasteiger partial charge is 0.496 e. The highest BCUT2D eigenvalue weighted by atomic mass is 32.1. The number of carbonyl (C=O) groups excluding carboxylic acids is 1. The zero-order chi connectivity index (χ0) is 21.8. The Labute approximate surface area is 189 Å². The highest BCUT2D eigenvalue weighted by Crippen LogP contribution is 2.28. The van der Waals surface area contributed by atoms with Crippen LogP contribution in [-0.4, -0.2) is 50.2 Å². The number of aliphatic hydroxyl groups excluding tert-OH is 1. The van der Waals surface area contributed by atoms with Crippen LogP contribution in [0.5, 0.6) is 5.75 Å². The summed E-state index contributed by atoms with van der Waals surface area (Å²) >= 11 is 0. The molecule has 31 heavy (non-hydrogen) atoms. The van der Waals surface area contributed by atoms with E-state index in [1.807, 2.05) is 44.2 Å². The molecule has 0 spiro atoms. The van der Waals surface area contributed by atoms with Gasteiger partial charge in [-0.2, -0.15) is 13.5 Å². The van der Waals surface area contributed by atoms with Crippen LogP contribution < -0.4 is 10.1 Å². The molecule has 0 saturated heterocycles. The minimum absolute atomic E-state index is 0. The first-order valence-corrected chi connectivity index (χ1v) is 10.5. The summed E-state index contributed by atoms with van der Waals surface area (Å²) in [5, 5.41) is 21.7. The fourth-order valence-electron chi connectivity index (χ4n) is 3.57. The van der Waals surface area contributed by atoms with E-state index in [4.69, 9.17) is 9.72 Å². The zero-order valence-electron chi connectivity index (χ0n) is 18.9. The van der Waals surface area contributed by atoms with E-state index in [0.717, 1.165) is 54.0 Å². The Morgan fingerprint density at radius 2 is 1.94 bits per heavy atom. The van der Waals surface area contributed by atoms with Crippen LogP contribution >= 0.6 is 13.5 Å². The van der Waals surface area contributed by atoms with E-state index in [1.165, 1.54) is 0 Å². The van der Waals surface area contributed by atoms with Crippen LogP contribution in [-0.2, 0) is 4.79 Å². The molecule has 3 aromatic rings. The molecule has 170 valence electrons. The van der Waals surface area contributed by atoms with Crippen LogP contribution in [0.3, 0.4) is 0 Å². The lowest BCUT2D eigenvalue weighted by Crippen LogP contribution is -2.25. The Hall–Kier alpha value is -2.39. The van der Waals surface area contributed by atoms with Crippen LogP contribution in [0.1, 0.15) is 50.9 Å². The number of ketones is 1. The summed E-state index contributed by atoms with van der Waals surface area (Å²) in [5.74, 6) is 2.18. The van der Waals surface area contributed by atoms with Gasteiger partial charge in [-0.15, -0.1) is 10.2 Å². The zero-order valence-corrected chi connectivity index (χ0v) is 19.9. The van der Waals surface area contributed by atoms with Gasteiger partial charge in [0.05, 0.1) is 18.1 Å². The van der Waals surface area contributed by atoms with Gasteiger partial charge in [0, 0.05) is 19.0 Å². The van der Waals surface area contributed by atoms with Gasteiger partial charge >= 0.3 is 0 Å². The van der Waals surface area contributed by atoms with Crippen molar-refractivity contribution in [1.82, 2.24) is 19.6 Å². The number of anilines is 1. The Morgan fingerprint density at radius 3 is 2.61 bits per heavy atom. The van der Waals surface area contributed by atoms with E-state index >= 15 is 0 Å². The van der Waals surface area contributed by atoms with E-state index in [9.17, 15) is 9.90 Å². The normalized spacial score (nSPS) is 12.2. The molecule has 0 aliphatic rings. The number of nitrogens with zero attached hydrogens (tertiary/aromatic N) is 4. The predicted molar refractivity (Wildman–Crippen MR) is 128 cm³/mol. The lowest BCUT2D eigenvalue weighted by atomic mass is 9.99. The molecule has 0 bridgehead atoms. The molecule has 0 amide bonds. The van der Waals surface area contributed by atoms with Crippen molar-refractivity contribution in [2.75, 3.05) is 19.0 Å². The summed E-state index contributed by atoms with van der Waals surface area (Å²) in [4.78, 5) is 16.6. The second kappa shape index (κ2) is 10.8. The van der Waals surface area contributed by atoms with Gasteiger partial charge in [0.15, 0.2) is 11.6 Å². The van der Waals surface area contributed by atoms with Crippen molar-refractivity contribution < 1.29 is 14.6 Å². The molecular weight excluding hydrogens is 414 g/mol. The number of unbranched alkanes of at least 4 members (excludes halogenated alkanes) is 2. The molecule has 2 aromatic heterocycles. The monoisotopic (exact) mass is 447 g/mol. The third-order valence-electron chi connectivity index (χ3n) is 5.36. The summed E-state index contributed by atoms with van der Waals surface area (Å²) in [6, 6.07) is 3.97. The Balaban J connectivity index is 0.00000341. The van der Waals surface area contributed by atoms with E-state index in [0.29, 0.717) is 17.9 Å². The van der Waals surface area contributed by atoms with Crippen LogP contribution in [0.25, 0.3) is 16.7 Å². The quantitative estimate of drug-likeness (QED) is 0.458. The molecule has 2 N–H and O–H groups in total. The molecule has 0 saturated carbocycles. The molecule has 0 radical (unpaired) electrons. The minimum Gasteiger partial charge on any atom is -0.496 e. The summed E-state index contributed by atoms with van der Waals surface area (Å²) < 4.78 is 7.44. The number of aromatic nitrogens is 4. The molecule has 0 unspecified atom stereocenters. The summed E-state index contributed by atoms with van der Waals surface area (Å²) in [7, 11) is 1.66. The number of hydrogen-bond donors (Lipinski definition) is 2. The van der Waals surface area contributed by atoms with E-state index in [-0.39, 0.29) is 25.2 Å². The van der Waals surface area contributed by atoms with Crippen molar-refractivity contribution in [1.29, 1.82) is 0 Å². The third-order valence-corrected chi connectivity index (χ3v) is 5.36. The molecule has 3 rings (SSSR count). The highest BCUT2D eigenvalue weighted by molar-refractivity contribution is 7.59. The number of hydrogen-bond acceptors (Lipinski definition) is 7. The maximum absolute atomic E-state index is 11.9. The predicted octanol–water partition coefficient (Wildman–Crippen LogP) is 3.57. The average Bonchev–Trinajstić information content (AvgIpc) is 3.11. The number of benzene rings is 1. The number of nitrogens with one attached hydrogen (secondary N) is 1. The van der Waals surface area contributed by atoms with Crippen molar-refractivity contribution in [3.05, 3.63) is 23.5 Å². The second-order valence-corrected chi connectivity index (χ2v) is 8.07. The first-order chi connectivity index (χ1) is 14.3. The van der Waals surface area contributed by atoms with Crippen molar-refractivity contribution in [3.8, 4) is 5.75 Å². The number of methoxy groups -OCH3 is 1. The van der Waals surface area contributed by atoms with Gasteiger partial charge in [-0.1, -0.05) is 20.3 Å². The van der Waals surface area contributed by atoms with Gasteiger partial charge in [0.1, 0.15) is 17.7 Å². The maximum Gasteiger partial charge on any atom is 0.204 e. The number of ether oxygens (including phenoxy) is 1. The Bertz CT molecular complexity index is 1050. The fourth-order valence-corrected chi connectivity index (χ4v) is 3.57. The molecule has 9 heteroatoms. The fraction of sp³-hybridized carbons (Fsp3) is 0.545. The van der Waals surface area contributed by atoms with Crippen LogP contribution in [0.2, 0.25) is 0 Å². The standard InChI is InChI=1S/C22H31N5O3.H2S/c1-13(2)20(29)18(28)9-7-6-8-10-23-21-22-26-25-15(4)27(22)17-12-19(30-5)14(3)11-16(17)24-21;/h11-13,20,29H,6-10H2,1-5H3,(H,23,24);1H2/t20-;/m0./s1. The minimum atomic E-state index is -0.850. The highest BCUT2D eigenvalue weighted by Gasteiger charge is 2.18. The van der Waals surface area contributed by atoms with E-state index in [2.05, 4.69) is 15.5 Å². The van der Waals surface area contributed by atoms with Gasteiger partial charge in [-0.25, -0.2) is 4.98 Å². The number of Topliss-reactive ketones (excluding diaryl/α,β-unsaturated/α-hetero) is 1. The van der Waals surface area contributed by atoms with Crippen molar-refractivity contribution >= 4 is 41.8 Å². The van der Waals surface area contributed by atoms with Gasteiger partial charge < -0.3 is 15.2 Å². The van der Waals surface area contributed by atoms with Gasteiger partial charge in [0.2, 0.25) is 5.65 Å². The first-order valence-electron chi connectivity index (χ1n) is 10.5. The molecule has 0 fully saturated rings. The van der Waals surface area contributed by atoms with Crippen LogP contribution in [0.15, 0.2) is 12.1 Å². The molecule has 0 aliphatic carbocycles. The molecule has 2 heterocycles. The number of rotatable bonds is 10. The Morgan fingerprint density at radius 1 is 1.19 bits per heavy atom. The number of aliphatic hydroxyl groups is 1. The molecule has 1 atom stereocenters. The molecular formula is C22H33N5O3S.